The summed E-state index contributed by atoms with van der Waals surface area (Å²) in [6.45, 7) is 6.43. The molecule has 1 rings (SSSR count). The van der Waals surface area contributed by atoms with E-state index < -0.39 is 0 Å². The van der Waals surface area contributed by atoms with Crippen molar-refractivity contribution in [2.75, 3.05) is 5.32 Å². The summed E-state index contributed by atoms with van der Waals surface area (Å²) < 4.78 is 1.22. The topological polar surface area (TPSA) is 24.9 Å². The van der Waals surface area contributed by atoms with Crippen molar-refractivity contribution in [2.45, 2.75) is 39.7 Å². The van der Waals surface area contributed by atoms with Crippen molar-refractivity contribution in [3.63, 3.8) is 0 Å². The van der Waals surface area contributed by atoms with Crippen molar-refractivity contribution in [1.29, 1.82) is 0 Å². The number of pyridine rings is 1. The van der Waals surface area contributed by atoms with Crippen LogP contribution in [0.2, 0.25) is 0 Å². The van der Waals surface area contributed by atoms with Gasteiger partial charge in [-0.15, -0.1) is 0 Å². The molecule has 0 saturated carbocycles. The monoisotopic (exact) mass is 304 g/mol. The minimum atomic E-state index is 0.506. The average Bonchev–Trinajstić information content (AvgIpc) is 2.12. The van der Waals surface area contributed by atoms with E-state index in [0.717, 1.165) is 11.5 Å². The van der Waals surface area contributed by atoms with Crippen LogP contribution in [-0.4, -0.2) is 11.0 Å². The molecule has 0 aromatic carbocycles. The highest BCUT2D eigenvalue weighted by atomic mass is 127. The molecule has 1 heterocycles. The third kappa shape index (κ3) is 3.44. The lowest BCUT2D eigenvalue weighted by Crippen LogP contribution is -2.15. The summed E-state index contributed by atoms with van der Waals surface area (Å²) in [5.41, 5.74) is 1.10. The molecule has 78 valence electrons. The van der Waals surface area contributed by atoms with Gasteiger partial charge < -0.3 is 5.32 Å². The molecule has 0 fully saturated rings. The molecular weight excluding hydrogens is 287 g/mol. The molecule has 1 aromatic rings. The van der Waals surface area contributed by atoms with Gasteiger partial charge in [-0.1, -0.05) is 13.3 Å². The van der Waals surface area contributed by atoms with Crippen LogP contribution in [0.25, 0.3) is 0 Å². The summed E-state index contributed by atoms with van der Waals surface area (Å²) in [7, 11) is 0. The smallest absolute Gasteiger partial charge is 0.126 e. The number of rotatable bonds is 4. The van der Waals surface area contributed by atoms with E-state index in [2.05, 4.69) is 52.8 Å². The van der Waals surface area contributed by atoms with Gasteiger partial charge in [-0.25, -0.2) is 4.98 Å². The molecule has 3 heteroatoms. The molecule has 0 spiro atoms. The molecule has 2 nitrogen and oxygen atoms in total. The Kier molecular flexibility index (Phi) is 4.65. The third-order valence-corrected chi connectivity index (χ3v) is 3.28. The van der Waals surface area contributed by atoms with E-state index in [9.17, 15) is 0 Å². The summed E-state index contributed by atoms with van der Waals surface area (Å²) in [5, 5.41) is 3.40. The maximum absolute atomic E-state index is 4.48. The van der Waals surface area contributed by atoms with Gasteiger partial charge in [0, 0.05) is 9.61 Å². The van der Waals surface area contributed by atoms with E-state index in [0.29, 0.717) is 6.04 Å². The fourth-order valence-electron chi connectivity index (χ4n) is 1.38. The lowest BCUT2D eigenvalue weighted by Gasteiger charge is -2.13. The van der Waals surface area contributed by atoms with E-state index in [1.807, 2.05) is 13.0 Å². The third-order valence-electron chi connectivity index (χ3n) is 2.14. The van der Waals surface area contributed by atoms with Gasteiger partial charge in [0.2, 0.25) is 0 Å². The van der Waals surface area contributed by atoms with Gasteiger partial charge in [-0.05, 0) is 55.0 Å². The minimum Gasteiger partial charge on any atom is -0.368 e. The quantitative estimate of drug-likeness (QED) is 0.860. The highest BCUT2D eigenvalue weighted by Crippen LogP contribution is 2.13. The zero-order valence-corrected chi connectivity index (χ0v) is 11.1. The lowest BCUT2D eigenvalue weighted by atomic mass is 10.2. The Morgan fingerprint density at radius 1 is 1.50 bits per heavy atom. The SMILES string of the molecule is CCCC(C)Nc1ccc(I)c(C)n1. The minimum absolute atomic E-state index is 0.506. The first kappa shape index (κ1) is 11.8. The lowest BCUT2D eigenvalue weighted by molar-refractivity contribution is 0.687. The zero-order chi connectivity index (χ0) is 10.6. The molecule has 14 heavy (non-hydrogen) atoms. The highest BCUT2D eigenvalue weighted by Gasteiger charge is 2.02. The van der Waals surface area contributed by atoms with E-state index in [1.165, 1.54) is 16.4 Å². The zero-order valence-electron chi connectivity index (χ0n) is 8.97. The Bertz CT molecular complexity index is 299. The van der Waals surface area contributed by atoms with E-state index in [-0.39, 0.29) is 0 Å². The van der Waals surface area contributed by atoms with Gasteiger partial charge in [-0.2, -0.15) is 0 Å². The first-order valence-corrected chi connectivity index (χ1v) is 6.11. The largest absolute Gasteiger partial charge is 0.368 e. The van der Waals surface area contributed by atoms with Crippen molar-refractivity contribution < 1.29 is 0 Å². The van der Waals surface area contributed by atoms with E-state index >= 15 is 0 Å². The molecule has 0 amide bonds. The second-order valence-electron chi connectivity index (χ2n) is 3.60. The second-order valence-corrected chi connectivity index (χ2v) is 4.76. The van der Waals surface area contributed by atoms with Crippen molar-refractivity contribution in [2.24, 2.45) is 0 Å². The van der Waals surface area contributed by atoms with E-state index in [1.54, 1.807) is 0 Å². The fourth-order valence-corrected chi connectivity index (χ4v) is 1.68. The molecule has 1 N–H and O–H groups in total. The van der Waals surface area contributed by atoms with Gasteiger partial charge in [0.15, 0.2) is 0 Å². The maximum atomic E-state index is 4.48. The van der Waals surface area contributed by atoms with Crippen molar-refractivity contribution in [3.8, 4) is 0 Å². The van der Waals surface area contributed by atoms with Crippen LogP contribution < -0.4 is 5.32 Å². The van der Waals surface area contributed by atoms with Crippen LogP contribution in [0.4, 0.5) is 5.82 Å². The molecule has 0 radical (unpaired) electrons. The molecule has 1 atom stereocenters. The summed E-state index contributed by atoms with van der Waals surface area (Å²) in [6, 6.07) is 4.65. The predicted molar refractivity (Wildman–Crippen MR) is 69.7 cm³/mol. The van der Waals surface area contributed by atoms with Crippen LogP contribution in [0.5, 0.6) is 0 Å². The van der Waals surface area contributed by atoms with Gasteiger partial charge in [0.1, 0.15) is 5.82 Å². The Balaban J connectivity index is 2.63. The first-order chi connectivity index (χ1) is 6.63. The van der Waals surface area contributed by atoms with Crippen LogP contribution >= 0.6 is 22.6 Å². The van der Waals surface area contributed by atoms with Crippen LogP contribution in [0.1, 0.15) is 32.4 Å². The van der Waals surface area contributed by atoms with Crippen LogP contribution in [-0.2, 0) is 0 Å². The van der Waals surface area contributed by atoms with Gasteiger partial charge in [0.05, 0.1) is 5.69 Å². The van der Waals surface area contributed by atoms with Crippen LogP contribution in [0.3, 0.4) is 0 Å². The number of hydrogen-bond acceptors (Lipinski definition) is 2. The number of aromatic nitrogens is 1. The molecule has 1 unspecified atom stereocenters. The number of anilines is 1. The first-order valence-electron chi connectivity index (χ1n) is 5.03. The summed E-state index contributed by atoms with van der Waals surface area (Å²) in [5.74, 6) is 0.990. The van der Waals surface area contributed by atoms with Crippen LogP contribution in [0.15, 0.2) is 12.1 Å². The second kappa shape index (κ2) is 5.53. The molecular formula is C11H17IN2. The molecule has 0 bridgehead atoms. The summed E-state index contributed by atoms with van der Waals surface area (Å²) >= 11 is 2.30. The maximum Gasteiger partial charge on any atom is 0.126 e. The highest BCUT2D eigenvalue weighted by molar-refractivity contribution is 14.1. The molecule has 0 aliphatic heterocycles. The van der Waals surface area contributed by atoms with E-state index in [4.69, 9.17) is 0 Å². The molecule has 0 aliphatic carbocycles. The van der Waals surface area contributed by atoms with Gasteiger partial charge >= 0.3 is 0 Å². The Hall–Kier alpha value is -0.320. The summed E-state index contributed by atoms with van der Waals surface area (Å²) in [4.78, 5) is 4.48. The van der Waals surface area contributed by atoms with Gasteiger partial charge in [-0.3, -0.25) is 0 Å². The molecule has 0 saturated heterocycles. The van der Waals surface area contributed by atoms with Crippen molar-refractivity contribution >= 4 is 28.4 Å². The normalized spacial score (nSPS) is 12.6. The van der Waals surface area contributed by atoms with Gasteiger partial charge in [0.25, 0.3) is 0 Å². The number of halogens is 1. The molecule has 1 aromatic heterocycles. The van der Waals surface area contributed by atoms with Crippen molar-refractivity contribution in [1.82, 2.24) is 4.98 Å². The Morgan fingerprint density at radius 2 is 2.21 bits per heavy atom. The fraction of sp³-hybridized carbons (Fsp3) is 0.545. The number of hydrogen-bond donors (Lipinski definition) is 1. The number of nitrogens with zero attached hydrogens (tertiary/aromatic N) is 1. The van der Waals surface area contributed by atoms with Crippen molar-refractivity contribution in [3.05, 3.63) is 21.4 Å². The molecule has 0 aliphatic rings. The number of aryl methyl sites for hydroxylation is 1. The number of nitrogens with one attached hydrogen (secondary N) is 1. The Morgan fingerprint density at radius 3 is 2.79 bits per heavy atom. The standard InChI is InChI=1S/C11H17IN2/c1-4-5-8(2)13-11-7-6-10(12)9(3)14-11/h6-8H,4-5H2,1-3H3,(H,13,14). The van der Waals surface area contributed by atoms with Crippen LogP contribution in [0, 0.1) is 10.5 Å². The average molecular weight is 304 g/mol. The Labute approximate surface area is 99.7 Å². The summed E-state index contributed by atoms with van der Waals surface area (Å²) in [6.07, 6.45) is 2.39. The predicted octanol–water partition coefficient (Wildman–Crippen LogP) is 3.60.